The molecule has 2 saturated carbocycles. The zero-order valence-corrected chi connectivity index (χ0v) is 17.5. The Morgan fingerprint density at radius 1 is 1.15 bits per heavy atom. The number of hydrogen-bond acceptors (Lipinski definition) is 3. The van der Waals surface area contributed by atoms with Crippen molar-refractivity contribution in [3.63, 3.8) is 0 Å². The molecule has 4 atom stereocenters. The first-order chi connectivity index (χ1) is 12.8. The zero-order chi connectivity index (χ0) is 19.6. The van der Waals surface area contributed by atoms with Gasteiger partial charge in [0.1, 0.15) is 0 Å². The van der Waals surface area contributed by atoms with Crippen LogP contribution in [0.2, 0.25) is 0 Å². The second kappa shape index (κ2) is 8.31. The van der Waals surface area contributed by atoms with Crippen molar-refractivity contribution in [3.05, 3.63) is 29.8 Å². The number of nitrogens with one attached hydrogen (secondary N) is 1. The van der Waals surface area contributed by atoms with Gasteiger partial charge in [-0.2, -0.15) is 4.31 Å². The van der Waals surface area contributed by atoms with Crippen LogP contribution in [0.5, 0.6) is 0 Å². The van der Waals surface area contributed by atoms with E-state index in [-0.39, 0.29) is 11.9 Å². The molecule has 0 spiro atoms. The third-order valence-corrected chi connectivity index (χ3v) is 8.50. The monoisotopic (exact) mass is 392 g/mol. The molecular weight excluding hydrogens is 360 g/mol. The van der Waals surface area contributed by atoms with Crippen LogP contribution in [0.25, 0.3) is 0 Å². The summed E-state index contributed by atoms with van der Waals surface area (Å²) in [6.07, 6.45) is 5.79. The van der Waals surface area contributed by atoms with Crippen molar-refractivity contribution in [2.75, 3.05) is 13.1 Å². The van der Waals surface area contributed by atoms with Crippen molar-refractivity contribution in [3.8, 4) is 0 Å². The molecule has 2 aliphatic rings. The maximum atomic E-state index is 12.6. The van der Waals surface area contributed by atoms with E-state index in [9.17, 15) is 13.2 Å². The Bertz CT molecular complexity index is 756. The van der Waals surface area contributed by atoms with Gasteiger partial charge in [0.25, 0.3) is 0 Å². The van der Waals surface area contributed by atoms with E-state index in [1.54, 1.807) is 24.3 Å². The first-order valence-corrected chi connectivity index (χ1v) is 11.7. The highest BCUT2D eigenvalue weighted by Crippen LogP contribution is 2.49. The molecule has 2 aliphatic carbocycles. The number of hydrogen-bond donors (Lipinski definition) is 1. The lowest BCUT2D eigenvalue weighted by Crippen LogP contribution is -2.31. The molecule has 1 aromatic rings. The number of carbonyl (C=O) groups is 1. The topological polar surface area (TPSA) is 66.5 Å². The summed E-state index contributed by atoms with van der Waals surface area (Å²) < 4.78 is 26.6. The quantitative estimate of drug-likeness (QED) is 0.733. The van der Waals surface area contributed by atoms with Crippen LogP contribution in [0.1, 0.15) is 64.5 Å². The minimum atomic E-state index is -3.44. The third-order valence-electron chi connectivity index (χ3n) is 6.43. The van der Waals surface area contributed by atoms with Crippen LogP contribution in [-0.2, 0) is 14.8 Å². The summed E-state index contributed by atoms with van der Waals surface area (Å²) in [5, 5.41) is 3.09. The second-order valence-electron chi connectivity index (χ2n) is 8.09. The maximum Gasteiger partial charge on any atom is 0.243 e. The number of carbonyl (C=O) groups excluding carboxylic acids is 1. The van der Waals surface area contributed by atoms with Gasteiger partial charge in [-0.25, -0.2) is 8.42 Å². The van der Waals surface area contributed by atoms with Gasteiger partial charge in [0.2, 0.25) is 15.9 Å². The average molecular weight is 393 g/mol. The molecule has 2 fully saturated rings. The molecule has 0 aromatic heterocycles. The largest absolute Gasteiger partial charge is 0.350 e. The lowest BCUT2D eigenvalue weighted by molar-refractivity contribution is -0.123. The fourth-order valence-electron chi connectivity index (χ4n) is 4.89. The highest BCUT2D eigenvalue weighted by molar-refractivity contribution is 7.89. The summed E-state index contributed by atoms with van der Waals surface area (Å²) in [5.41, 5.74) is 0.926. The number of rotatable bonds is 8. The normalized spacial score (nSPS) is 25.7. The van der Waals surface area contributed by atoms with E-state index in [1.165, 1.54) is 30.0 Å². The first-order valence-electron chi connectivity index (χ1n) is 10.2. The second-order valence-corrected chi connectivity index (χ2v) is 10.0. The molecule has 1 amide bonds. The summed E-state index contributed by atoms with van der Waals surface area (Å²) in [6, 6.07) is 6.77. The Morgan fingerprint density at radius 3 is 2.33 bits per heavy atom. The van der Waals surface area contributed by atoms with Gasteiger partial charge in [-0.3, -0.25) is 4.79 Å². The van der Waals surface area contributed by atoms with Crippen LogP contribution in [0.3, 0.4) is 0 Å². The summed E-state index contributed by atoms with van der Waals surface area (Å²) >= 11 is 0. The zero-order valence-electron chi connectivity index (χ0n) is 16.6. The van der Waals surface area contributed by atoms with Crippen molar-refractivity contribution < 1.29 is 13.2 Å². The smallest absolute Gasteiger partial charge is 0.243 e. The SMILES string of the molecule is CCN(CC)S(=O)(=O)c1ccc(C(C)NC(=O)CC2CC3CCC2C3)cc1. The Labute approximate surface area is 163 Å². The molecule has 0 aliphatic heterocycles. The van der Waals surface area contributed by atoms with Crippen molar-refractivity contribution in [1.29, 1.82) is 0 Å². The molecule has 1 aromatic carbocycles. The molecule has 27 heavy (non-hydrogen) atoms. The highest BCUT2D eigenvalue weighted by Gasteiger charge is 2.40. The molecule has 150 valence electrons. The van der Waals surface area contributed by atoms with Crippen molar-refractivity contribution >= 4 is 15.9 Å². The van der Waals surface area contributed by atoms with Crippen LogP contribution in [0, 0.1) is 17.8 Å². The molecule has 0 saturated heterocycles. The number of benzene rings is 1. The number of sulfonamides is 1. The van der Waals surface area contributed by atoms with Crippen LogP contribution in [0.15, 0.2) is 29.2 Å². The summed E-state index contributed by atoms with van der Waals surface area (Å²) in [4.78, 5) is 12.7. The molecule has 4 unspecified atom stereocenters. The lowest BCUT2D eigenvalue weighted by Gasteiger charge is -2.22. The minimum absolute atomic E-state index is 0.111. The molecule has 2 bridgehead atoms. The Kier molecular flexibility index (Phi) is 6.26. The minimum Gasteiger partial charge on any atom is -0.350 e. The number of nitrogens with zero attached hydrogens (tertiary/aromatic N) is 1. The van der Waals surface area contributed by atoms with Crippen molar-refractivity contribution in [2.45, 2.75) is 63.8 Å². The van der Waals surface area contributed by atoms with E-state index in [1.807, 2.05) is 20.8 Å². The fraction of sp³-hybridized carbons (Fsp3) is 0.667. The number of fused-ring (bicyclic) bond motifs is 2. The predicted molar refractivity (Wildman–Crippen MR) is 107 cm³/mol. The van der Waals surface area contributed by atoms with Crippen molar-refractivity contribution in [1.82, 2.24) is 9.62 Å². The van der Waals surface area contributed by atoms with Gasteiger partial charge in [0, 0.05) is 19.5 Å². The fourth-order valence-corrected chi connectivity index (χ4v) is 6.35. The van der Waals surface area contributed by atoms with Gasteiger partial charge in [-0.15, -0.1) is 0 Å². The van der Waals surface area contributed by atoms with E-state index in [0.29, 0.717) is 30.3 Å². The molecule has 0 radical (unpaired) electrons. The number of amides is 1. The van der Waals surface area contributed by atoms with Crippen molar-refractivity contribution in [2.24, 2.45) is 17.8 Å². The van der Waals surface area contributed by atoms with Gasteiger partial charge in [0.15, 0.2) is 0 Å². The first kappa shape index (κ1) is 20.3. The van der Waals surface area contributed by atoms with Gasteiger partial charge in [-0.1, -0.05) is 32.4 Å². The molecule has 0 heterocycles. The van der Waals surface area contributed by atoms with Gasteiger partial charge in [-0.05, 0) is 61.6 Å². The van der Waals surface area contributed by atoms with Crippen LogP contribution >= 0.6 is 0 Å². The summed E-state index contributed by atoms with van der Waals surface area (Å²) in [6.45, 7) is 6.53. The Hall–Kier alpha value is -1.40. The van der Waals surface area contributed by atoms with E-state index in [4.69, 9.17) is 0 Å². The maximum absolute atomic E-state index is 12.6. The summed E-state index contributed by atoms with van der Waals surface area (Å²) in [7, 11) is -3.44. The Balaban J connectivity index is 1.58. The molecule has 1 N–H and O–H groups in total. The molecule has 3 rings (SSSR count). The van der Waals surface area contributed by atoms with Gasteiger partial charge >= 0.3 is 0 Å². The molecular formula is C21H32N2O3S. The van der Waals surface area contributed by atoms with Crippen LogP contribution in [0.4, 0.5) is 0 Å². The van der Waals surface area contributed by atoms with Crippen LogP contribution in [-0.4, -0.2) is 31.7 Å². The highest BCUT2D eigenvalue weighted by atomic mass is 32.2. The third kappa shape index (κ3) is 4.37. The summed E-state index contributed by atoms with van der Waals surface area (Å²) in [5.74, 6) is 2.27. The standard InChI is InChI=1S/C21H32N2O3S/c1-4-23(5-2)27(25,26)20-10-8-17(9-11-20)15(3)22-21(24)14-19-13-16-6-7-18(19)12-16/h8-11,15-16,18-19H,4-7,12-14H2,1-3H3,(H,22,24). The molecule has 6 heteroatoms. The van der Waals surface area contributed by atoms with E-state index >= 15 is 0 Å². The van der Waals surface area contributed by atoms with Gasteiger partial charge < -0.3 is 5.32 Å². The average Bonchev–Trinajstić information content (AvgIpc) is 3.25. The predicted octanol–water partition coefficient (Wildman–Crippen LogP) is 3.72. The van der Waals surface area contributed by atoms with E-state index in [0.717, 1.165) is 17.4 Å². The van der Waals surface area contributed by atoms with E-state index in [2.05, 4.69) is 5.32 Å². The molecule has 5 nitrogen and oxygen atoms in total. The van der Waals surface area contributed by atoms with E-state index < -0.39 is 10.0 Å². The lowest BCUT2D eigenvalue weighted by atomic mass is 9.86. The van der Waals surface area contributed by atoms with Crippen LogP contribution < -0.4 is 5.32 Å². The van der Waals surface area contributed by atoms with Gasteiger partial charge in [0.05, 0.1) is 10.9 Å². The Morgan fingerprint density at radius 2 is 1.81 bits per heavy atom.